The summed E-state index contributed by atoms with van der Waals surface area (Å²) in [6.45, 7) is 4.48. The van der Waals surface area contributed by atoms with E-state index in [-0.39, 0.29) is 5.69 Å². The number of ether oxygens (including phenoxy) is 1. The van der Waals surface area contributed by atoms with Crippen LogP contribution in [-0.4, -0.2) is 22.7 Å². The Balaban J connectivity index is 2.31. The van der Waals surface area contributed by atoms with Crippen molar-refractivity contribution in [3.8, 4) is 16.3 Å². The van der Waals surface area contributed by atoms with Crippen molar-refractivity contribution in [1.82, 2.24) is 4.98 Å². The van der Waals surface area contributed by atoms with Crippen LogP contribution in [0.15, 0.2) is 24.3 Å². The fourth-order valence-corrected chi connectivity index (χ4v) is 2.56. The Morgan fingerprint density at radius 1 is 1.47 bits per heavy atom. The van der Waals surface area contributed by atoms with Crippen molar-refractivity contribution in [3.05, 3.63) is 34.8 Å². The highest BCUT2D eigenvalue weighted by Crippen LogP contribution is 2.29. The molecule has 1 aromatic carbocycles. The van der Waals surface area contributed by atoms with Gasteiger partial charge in [-0.15, -0.1) is 11.3 Å². The first-order valence-electron chi connectivity index (χ1n) is 6.05. The molecule has 2 aromatic rings. The predicted octanol–water partition coefficient (Wildman–Crippen LogP) is 3.61. The van der Waals surface area contributed by atoms with Gasteiger partial charge in [0.15, 0.2) is 5.69 Å². The molecule has 0 saturated carbocycles. The third-order valence-electron chi connectivity index (χ3n) is 2.55. The quantitative estimate of drug-likeness (QED) is 0.907. The van der Waals surface area contributed by atoms with Crippen molar-refractivity contribution in [2.45, 2.75) is 20.3 Å². The van der Waals surface area contributed by atoms with E-state index in [0.717, 1.165) is 17.7 Å². The number of carboxylic acids is 1. The third kappa shape index (κ3) is 3.12. The fraction of sp³-hybridized carbons (Fsp3) is 0.286. The van der Waals surface area contributed by atoms with Gasteiger partial charge < -0.3 is 9.84 Å². The van der Waals surface area contributed by atoms with E-state index >= 15 is 0 Å². The number of hydrogen-bond donors (Lipinski definition) is 1. The van der Waals surface area contributed by atoms with Crippen LogP contribution < -0.4 is 4.74 Å². The van der Waals surface area contributed by atoms with Gasteiger partial charge in [0.05, 0.1) is 6.61 Å². The van der Waals surface area contributed by atoms with Crippen LogP contribution in [0.5, 0.6) is 5.75 Å². The Hall–Kier alpha value is -1.88. The lowest BCUT2D eigenvalue weighted by Crippen LogP contribution is -1.98. The van der Waals surface area contributed by atoms with E-state index in [9.17, 15) is 4.79 Å². The molecule has 100 valence electrons. The second-order valence-electron chi connectivity index (χ2n) is 4.11. The van der Waals surface area contributed by atoms with Crippen LogP contribution in [0, 0.1) is 6.92 Å². The number of benzene rings is 1. The summed E-state index contributed by atoms with van der Waals surface area (Å²) in [5, 5.41) is 9.72. The summed E-state index contributed by atoms with van der Waals surface area (Å²) in [6, 6.07) is 7.57. The molecule has 0 aliphatic carbocycles. The maximum absolute atomic E-state index is 11.0. The fourth-order valence-electron chi connectivity index (χ4n) is 1.66. The van der Waals surface area contributed by atoms with Gasteiger partial charge in [0.25, 0.3) is 0 Å². The van der Waals surface area contributed by atoms with Gasteiger partial charge in [-0.2, -0.15) is 0 Å². The highest BCUT2D eigenvalue weighted by atomic mass is 32.1. The van der Waals surface area contributed by atoms with Crippen molar-refractivity contribution >= 4 is 17.3 Å². The van der Waals surface area contributed by atoms with E-state index in [0.29, 0.717) is 16.5 Å². The summed E-state index contributed by atoms with van der Waals surface area (Å²) in [6.07, 6.45) is 0.948. The molecule has 0 aliphatic heterocycles. The summed E-state index contributed by atoms with van der Waals surface area (Å²) in [5.41, 5.74) is 1.01. The molecule has 0 amide bonds. The Bertz CT molecular complexity index is 592. The maximum atomic E-state index is 11.0. The average molecular weight is 277 g/mol. The molecule has 4 nitrogen and oxygen atoms in total. The van der Waals surface area contributed by atoms with E-state index in [2.05, 4.69) is 4.98 Å². The molecule has 1 N–H and O–H groups in total. The lowest BCUT2D eigenvalue weighted by Gasteiger charge is -2.05. The first-order chi connectivity index (χ1) is 9.11. The van der Waals surface area contributed by atoms with Crippen molar-refractivity contribution in [1.29, 1.82) is 0 Å². The number of carboxylic acid groups (broad SMARTS) is 1. The molecule has 19 heavy (non-hydrogen) atoms. The Labute approximate surface area is 115 Å². The molecule has 1 heterocycles. The Kier molecular flexibility index (Phi) is 4.16. The van der Waals surface area contributed by atoms with Crippen molar-refractivity contribution in [3.63, 3.8) is 0 Å². The van der Waals surface area contributed by atoms with Gasteiger partial charge in [-0.25, -0.2) is 9.78 Å². The lowest BCUT2D eigenvalue weighted by atomic mass is 10.2. The van der Waals surface area contributed by atoms with Crippen LogP contribution >= 0.6 is 11.3 Å². The van der Waals surface area contributed by atoms with E-state index in [1.54, 1.807) is 6.92 Å². The molecule has 0 atom stereocenters. The zero-order valence-corrected chi connectivity index (χ0v) is 11.7. The van der Waals surface area contributed by atoms with Gasteiger partial charge in [0.1, 0.15) is 10.8 Å². The smallest absolute Gasteiger partial charge is 0.355 e. The summed E-state index contributed by atoms with van der Waals surface area (Å²) in [5.74, 6) is -0.206. The van der Waals surface area contributed by atoms with Gasteiger partial charge in [-0.05, 0) is 25.5 Å². The molecule has 0 saturated heterocycles. The van der Waals surface area contributed by atoms with E-state index < -0.39 is 5.97 Å². The monoisotopic (exact) mass is 277 g/mol. The second kappa shape index (κ2) is 5.84. The van der Waals surface area contributed by atoms with Crippen LogP contribution in [0.1, 0.15) is 28.7 Å². The third-order valence-corrected chi connectivity index (χ3v) is 3.57. The molecular weight excluding hydrogens is 262 g/mol. The number of carbonyl (C=O) groups is 1. The number of nitrogens with zero attached hydrogens (tertiary/aromatic N) is 1. The zero-order valence-electron chi connectivity index (χ0n) is 10.8. The number of rotatable bonds is 5. The van der Waals surface area contributed by atoms with Gasteiger partial charge in [-0.1, -0.05) is 19.1 Å². The molecule has 1 aromatic heterocycles. The molecule has 0 bridgehead atoms. The van der Waals surface area contributed by atoms with Crippen molar-refractivity contribution in [2.75, 3.05) is 6.61 Å². The standard InChI is InChI=1S/C14H15NO3S/c1-3-7-18-11-6-4-5-10(8-11)13-15-12(14(16)17)9(2)19-13/h4-6,8H,3,7H2,1-2H3,(H,16,17). The first kappa shape index (κ1) is 13.5. The number of aromatic nitrogens is 1. The van der Waals surface area contributed by atoms with E-state index in [4.69, 9.17) is 9.84 Å². The average Bonchev–Trinajstić information content (AvgIpc) is 2.79. The van der Waals surface area contributed by atoms with Gasteiger partial charge in [-0.3, -0.25) is 0 Å². The lowest BCUT2D eigenvalue weighted by molar-refractivity contribution is 0.0690. The summed E-state index contributed by atoms with van der Waals surface area (Å²) < 4.78 is 5.56. The minimum Gasteiger partial charge on any atom is -0.494 e. The molecule has 0 aliphatic rings. The minimum absolute atomic E-state index is 0.125. The van der Waals surface area contributed by atoms with Crippen LogP contribution in [0.25, 0.3) is 10.6 Å². The Morgan fingerprint density at radius 2 is 2.26 bits per heavy atom. The molecule has 0 spiro atoms. The molecule has 0 fully saturated rings. The summed E-state index contributed by atoms with van der Waals surface area (Å²) >= 11 is 1.38. The Morgan fingerprint density at radius 3 is 2.89 bits per heavy atom. The zero-order chi connectivity index (χ0) is 13.8. The summed E-state index contributed by atoms with van der Waals surface area (Å²) in [7, 11) is 0. The summed E-state index contributed by atoms with van der Waals surface area (Å²) in [4.78, 5) is 15.9. The normalized spacial score (nSPS) is 10.4. The molecule has 5 heteroatoms. The minimum atomic E-state index is -0.988. The van der Waals surface area contributed by atoms with Crippen molar-refractivity contribution < 1.29 is 14.6 Å². The SMILES string of the molecule is CCCOc1cccc(-c2nc(C(=O)O)c(C)s2)c1. The largest absolute Gasteiger partial charge is 0.494 e. The van der Waals surface area contributed by atoms with Gasteiger partial charge in [0.2, 0.25) is 0 Å². The van der Waals surface area contributed by atoms with Crippen LogP contribution in [0.4, 0.5) is 0 Å². The van der Waals surface area contributed by atoms with Crippen LogP contribution in [-0.2, 0) is 0 Å². The number of aromatic carboxylic acids is 1. The predicted molar refractivity (Wildman–Crippen MR) is 75.0 cm³/mol. The highest BCUT2D eigenvalue weighted by molar-refractivity contribution is 7.15. The van der Waals surface area contributed by atoms with Gasteiger partial charge in [0, 0.05) is 10.4 Å². The van der Waals surface area contributed by atoms with Crippen molar-refractivity contribution in [2.24, 2.45) is 0 Å². The highest BCUT2D eigenvalue weighted by Gasteiger charge is 2.15. The van der Waals surface area contributed by atoms with E-state index in [1.165, 1.54) is 11.3 Å². The molecule has 0 radical (unpaired) electrons. The number of thiazole rings is 1. The van der Waals surface area contributed by atoms with Gasteiger partial charge >= 0.3 is 5.97 Å². The van der Waals surface area contributed by atoms with Crippen LogP contribution in [0.2, 0.25) is 0 Å². The number of aryl methyl sites for hydroxylation is 1. The molecule has 0 unspecified atom stereocenters. The maximum Gasteiger partial charge on any atom is 0.355 e. The molecular formula is C14H15NO3S. The molecule has 2 rings (SSSR count). The number of hydrogen-bond acceptors (Lipinski definition) is 4. The van der Waals surface area contributed by atoms with Crippen LogP contribution in [0.3, 0.4) is 0 Å². The van der Waals surface area contributed by atoms with E-state index in [1.807, 2.05) is 31.2 Å². The second-order valence-corrected chi connectivity index (χ2v) is 5.31. The topological polar surface area (TPSA) is 59.4 Å². The first-order valence-corrected chi connectivity index (χ1v) is 6.87.